The minimum Gasteiger partial charge on any atom is -0.481 e. The van der Waals surface area contributed by atoms with Crippen molar-refractivity contribution in [2.75, 3.05) is 0 Å². The van der Waals surface area contributed by atoms with Crippen molar-refractivity contribution in [3.63, 3.8) is 0 Å². The first-order valence-corrected chi connectivity index (χ1v) is 8.12. The van der Waals surface area contributed by atoms with E-state index in [0.29, 0.717) is 12.8 Å². The van der Waals surface area contributed by atoms with Crippen LogP contribution in [0.5, 0.6) is 0 Å². The van der Waals surface area contributed by atoms with Crippen LogP contribution in [-0.2, 0) is 19.2 Å². The van der Waals surface area contributed by atoms with E-state index >= 15 is 0 Å². The van der Waals surface area contributed by atoms with Gasteiger partial charge in [-0.2, -0.15) is 0 Å². The lowest BCUT2D eigenvalue weighted by Crippen LogP contribution is -2.75. The molecule has 24 heavy (non-hydrogen) atoms. The summed E-state index contributed by atoms with van der Waals surface area (Å²) < 4.78 is 0. The van der Waals surface area contributed by atoms with Gasteiger partial charge in [-0.25, -0.2) is 0 Å². The second kappa shape index (κ2) is 5.19. The highest BCUT2D eigenvalue weighted by Gasteiger charge is 2.80. The lowest BCUT2D eigenvalue weighted by Gasteiger charge is -2.69. The van der Waals surface area contributed by atoms with Crippen LogP contribution in [-0.4, -0.2) is 44.3 Å². The van der Waals surface area contributed by atoms with Gasteiger partial charge in [0, 0.05) is 0 Å². The van der Waals surface area contributed by atoms with Gasteiger partial charge in [0.15, 0.2) is 0 Å². The number of aliphatic carboxylic acids is 4. The molecule has 0 aromatic rings. The average Bonchev–Trinajstić information content (AvgIpc) is 2.50. The first-order chi connectivity index (χ1) is 11.2. The van der Waals surface area contributed by atoms with E-state index in [1.165, 1.54) is 0 Å². The van der Waals surface area contributed by atoms with Crippen molar-refractivity contribution in [2.45, 2.75) is 38.5 Å². The molecular formula is C16H20O8. The molecule has 6 atom stereocenters. The fourth-order valence-electron chi connectivity index (χ4n) is 5.94. The highest BCUT2D eigenvalue weighted by molar-refractivity contribution is 5.91. The Labute approximate surface area is 137 Å². The Morgan fingerprint density at radius 2 is 1.00 bits per heavy atom. The molecule has 3 aliphatic rings. The SMILES string of the molecule is O=C(O)C1CC2C(CC1C(=O)O)C1(C(=O)O)CCCCC21C(=O)O. The molecule has 0 amide bonds. The first-order valence-electron chi connectivity index (χ1n) is 8.12. The van der Waals surface area contributed by atoms with Gasteiger partial charge in [-0.1, -0.05) is 12.8 Å². The van der Waals surface area contributed by atoms with Gasteiger partial charge >= 0.3 is 23.9 Å². The van der Waals surface area contributed by atoms with E-state index in [2.05, 4.69) is 0 Å². The summed E-state index contributed by atoms with van der Waals surface area (Å²) in [5.74, 6) is -8.43. The summed E-state index contributed by atoms with van der Waals surface area (Å²) in [6.07, 6.45) is 1.42. The molecule has 8 nitrogen and oxygen atoms in total. The van der Waals surface area contributed by atoms with Crippen LogP contribution >= 0.6 is 0 Å². The first kappa shape index (κ1) is 16.7. The second-order valence-corrected chi connectivity index (χ2v) is 7.33. The zero-order valence-corrected chi connectivity index (χ0v) is 13.0. The molecule has 3 rings (SSSR count). The molecule has 3 saturated carbocycles. The third-order valence-electron chi connectivity index (χ3n) is 6.84. The maximum Gasteiger partial charge on any atom is 0.311 e. The summed E-state index contributed by atoms with van der Waals surface area (Å²) in [4.78, 5) is 47.1. The Hall–Kier alpha value is -2.12. The third-order valence-corrected chi connectivity index (χ3v) is 6.84. The molecule has 0 heterocycles. The monoisotopic (exact) mass is 340 g/mol. The Morgan fingerprint density at radius 3 is 1.25 bits per heavy atom. The summed E-state index contributed by atoms with van der Waals surface area (Å²) in [5.41, 5.74) is -2.95. The molecule has 4 N–H and O–H groups in total. The van der Waals surface area contributed by atoms with Gasteiger partial charge in [-0.15, -0.1) is 0 Å². The molecule has 0 aromatic carbocycles. The molecule has 3 aliphatic carbocycles. The van der Waals surface area contributed by atoms with Crippen LogP contribution in [0, 0.1) is 34.5 Å². The minimum atomic E-state index is -1.47. The predicted molar refractivity (Wildman–Crippen MR) is 77.1 cm³/mol. The molecule has 8 heteroatoms. The summed E-state index contributed by atoms with van der Waals surface area (Å²) in [7, 11) is 0. The molecule has 0 radical (unpaired) electrons. The van der Waals surface area contributed by atoms with E-state index in [-0.39, 0.29) is 25.7 Å². The van der Waals surface area contributed by atoms with Crippen LogP contribution < -0.4 is 0 Å². The molecule has 0 saturated heterocycles. The lowest BCUT2D eigenvalue weighted by atomic mass is 9.30. The number of hydrogen-bond acceptors (Lipinski definition) is 4. The molecule has 0 aromatic heterocycles. The fraction of sp³-hybridized carbons (Fsp3) is 0.750. The van der Waals surface area contributed by atoms with Crippen molar-refractivity contribution in [1.29, 1.82) is 0 Å². The van der Waals surface area contributed by atoms with E-state index < -0.39 is 58.4 Å². The van der Waals surface area contributed by atoms with Crippen LogP contribution in [0.1, 0.15) is 38.5 Å². The Kier molecular flexibility index (Phi) is 3.62. The lowest BCUT2D eigenvalue weighted by molar-refractivity contribution is -0.263. The van der Waals surface area contributed by atoms with Crippen LogP contribution in [0.3, 0.4) is 0 Å². The molecule has 0 aliphatic heterocycles. The topological polar surface area (TPSA) is 149 Å². The maximum atomic E-state index is 12.1. The van der Waals surface area contributed by atoms with Gasteiger partial charge in [-0.05, 0) is 37.5 Å². The van der Waals surface area contributed by atoms with Crippen molar-refractivity contribution in [3.8, 4) is 0 Å². The number of fused-ring (bicyclic) bond motifs is 4. The van der Waals surface area contributed by atoms with E-state index in [0.717, 1.165) is 0 Å². The highest BCUT2D eigenvalue weighted by Crippen LogP contribution is 2.75. The van der Waals surface area contributed by atoms with E-state index in [4.69, 9.17) is 0 Å². The summed E-state index contributed by atoms with van der Waals surface area (Å²) >= 11 is 0. The predicted octanol–water partition coefficient (Wildman–Crippen LogP) is 1.14. The normalized spacial score (nSPS) is 43.7. The van der Waals surface area contributed by atoms with Crippen molar-refractivity contribution in [2.24, 2.45) is 34.5 Å². The molecule has 0 bridgehead atoms. The third kappa shape index (κ3) is 1.74. The number of carboxylic acids is 4. The molecule has 132 valence electrons. The Bertz CT molecular complexity index is 574. The minimum absolute atomic E-state index is 0.0850. The summed E-state index contributed by atoms with van der Waals surface area (Å²) in [6.45, 7) is 0. The quantitative estimate of drug-likeness (QED) is 0.595. The maximum absolute atomic E-state index is 12.1. The summed E-state index contributed by atoms with van der Waals surface area (Å²) in [5, 5.41) is 38.4. The van der Waals surface area contributed by atoms with Gasteiger partial charge in [0.05, 0.1) is 22.7 Å². The smallest absolute Gasteiger partial charge is 0.311 e. The number of carbonyl (C=O) groups is 4. The molecule has 0 spiro atoms. The Balaban J connectivity index is 2.08. The van der Waals surface area contributed by atoms with Gasteiger partial charge in [-0.3, -0.25) is 19.2 Å². The molecular weight excluding hydrogens is 320 g/mol. The van der Waals surface area contributed by atoms with Gasteiger partial charge < -0.3 is 20.4 Å². The molecule has 3 fully saturated rings. The van der Waals surface area contributed by atoms with E-state index in [1.54, 1.807) is 0 Å². The standard InChI is InChI=1S/C16H20O8/c17-11(18)7-5-9-10(6-8(7)12(19)20)16(14(23)24)4-2-1-3-15(9,16)13(21)22/h7-10H,1-6H2,(H,17,18)(H,19,20)(H,21,22)(H,23,24). The van der Waals surface area contributed by atoms with Gasteiger partial charge in [0.1, 0.15) is 0 Å². The van der Waals surface area contributed by atoms with Crippen LogP contribution in [0.15, 0.2) is 0 Å². The zero-order chi connectivity index (χ0) is 17.9. The van der Waals surface area contributed by atoms with Crippen LogP contribution in [0.4, 0.5) is 0 Å². The number of hydrogen-bond donors (Lipinski definition) is 4. The Morgan fingerprint density at radius 1 is 0.667 bits per heavy atom. The highest BCUT2D eigenvalue weighted by atomic mass is 16.4. The molecule has 6 unspecified atom stereocenters. The van der Waals surface area contributed by atoms with Crippen molar-refractivity contribution < 1.29 is 39.6 Å². The fourth-order valence-corrected chi connectivity index (χ4v) is 5.94. The van der Waals surface area contributed by atoms with Crippen LogP contribution in [0.2, 0.25) is 0 Å². The van der Waals surface area contributed by atoms with E-state index in [9.17, 15) is 39.6 Å². The van der Waals surface area contributed by atoms with Gasteiger partial charge in [0.25, 0.3) is 0 Å². The largest absolute Gasteiger partial charge is 0.481 e. The number of carboxylic acid groups (broad SMARTS) is 4. The van der Waals surface area contributed by atoms with Gasteiger partial charge in [0.2, 0.25) is 0 Å². The van der Waals surface area contributed by atoms with Crippen molar-refractivity contribution in [1.82, 2.24) is 0 Å². The summed E-state index contributed by atoms with van der Waals surface area (Å²) in [6, 6.07) is 0. The van der Waals surface area contributed by atoms with Crippen molar-refractivity contribution >= 4 is 23.9 Å². The number of rotatable bonds is 4. The second-order valence-electron chi connectivity index (χ2n) is 7.33. The van der Waals surface area contributed by atoms with Crippen LogP contribution in [0.25, 0.3) is 0 Å². The zero-order valence-electron chi connectivity index (χ0n) is 13.0. The van der Waals surface area contributed by atoms with E-state index in [1.807, 2.05) is 0 Å². The van der Waals surface area contributed by atoms with Crippen molar-refractivity contribution in [3.05, 3.63) is 0 Å². The average molecular weight is 340 g/mol.